The Morgan fingerprint density at radius 2 is 2.24 bits per heavy atom. The van der Waals surface area contributed by atoms with Crippen LogP contribution in [0.4, 0.5) is 0 Å². The fourth-order valence-electron chi connectivity index (χ4n) is 1.95. The Morgan fingerprint density at radius 3 is 2.95 bits per heavy atom. The molecule has 5 nitrogen and oxygen atoms in total. The SMILES string of the molecule is CCCn1c(Sc2ccc(Cl)cc2CNCC)n[nH]c1=O. The lowest BCUT2D eigenvalue weighted by molar-refractivity contribution is 0.603. The van der Waals surface area contributed by atoms with Gasteiger partial charge in [-0.05, 0) is 48.5 Å². The maximum atomic E-state index is 11.7. The molecular formula is C14H19ClN4OS. The number of nitrogens with one attached hydrogen (secondary N) is 2. The van der Waals surface area contributed by atoms with Crippen LogP contribution in [0.5, 0.6) is 0 Å². The Hall–Kier alpha value is -1.24. The van der Waals surface area contributed by atoms with Crippen LogP contribution >= 0.6 is 23.4 Å². The van der Waals surface area contributed by atoms with Crippen LogP contribution in [-0.2, 0) is 13.1 Å². The molecule has 0 aliphatic rings. The molecule has 0 spiro atoms. The zero-order valence-corrected chi connectivity index (χ0v) is 13.7. The minimum absolute atomic E-state index is 0.165. The Labute approximate surface area is 133 Å². The number of aromatic nitrogens is 3. The average Bonchev–Trinajstić information content (AvgIpc) is 2.81. The summed E-state index contributed by atoms with van der Waals surface area (Å²) in [6.45, 7) is 6.38. The summed E-state index contributed by atoms with van der Waals surface area (Å²) in [7, 11) is 0. The van der Waals surface area contributed by atoms with E-state index in [0.29, 0.717) is 16.7 Å². The lowest BCUT2D eigenvalue weighted by atomic mass is 10.2. The van der Waals surface area contributed by atoms with E-state index in [2.05, 4.69) is 22.4 Å². The van der Waals surface area contributed by atoms with Gasteiger partial charge in [-0.3, -0.25) is 4.57 Å². The molecule has 0 saturated heterocycles. The van der Waals surface area contributed by atoms with Crippen LogP contribution in [0.25, 0.3) is 0 Å². The maximum absolute atomic E-state index is 11.7. The first kappa shape index (κ1) is 16.1. The van der Waals surface area contributed by atoms with Crippen molar-refractivity contribution in [3.63, 3.8) is 0 Å². The van der Waals surface area contributed by atoms with Gasteiger partial charge in [-0.15, -0.1) is 5.10 Å². The fraction of sp³-hybridized carbons (Fsp3) is 0.429. The van der Waals surface area contributed by atoms with Gasteiger partial charge in [0.15, 0.2) is 5.16 Å². The van der Waals surface area contributed by atoms with Gasteiger partial charge in [0.2, 0.25) is 0 Å². The Bertz CT molecular complexity index is 653. The standard InChI is InChI=1S/C14H19ClN4OS/c1-3-7-19-13(20)17-18-14(19)21-12-6-5-11(15)8-10(12)9-16-4-2/h5-6,8,16H,3-4,7,9H2,1-2H3,(H,17,20). The highest BCUT2D eigenvalue weighted by Gasteiger charge is 2.12. The van der Waals surface area contributed by atoms with Crippen molar-refractivity contribution in [1.82, 2.24) is 20.1 Å². The van der Waals surface area contributed by atoms with Gasteiger partial charge >= 0.3 is 5.69 Å². The predicted molar refractivity (Wildman–Crippen MR) is 86.1 cm³/mol. The third-order valence-electron chi connectivity index (χ3n) is 2.96. The summed E-state index contributed by atoms with van der Waals surface area (Å²) in [6.07, 6.45) is 0.887. The van der Waals surface area contributed by atoms with E-state index in [1.807, 2.05) is 25.1 Å². The Kier molecular flexibility index (Phi) is 5.90. The topological polar surface area (TPSA) is 62.7 Å². The molecule has 0 fully saturated rings. The molecule has 1 aromatic heterocycles. The largest absolute Gasteiger partial charge is 0.343 e. The first-order valence-corrected chi connectivity index (χ1v) is 8.17. The first-order valence-electron chi connectivity index (χ1n) is 6.97. The van der Waals surface area contributed by atoms with Gasteiger partial charge in [-0.2, -0.15) is 0 Å². The molecular weight excluding hydrogens is 308 g/mol. The van der Waals surface area contributed by atoms with E-state index in [-0.39, 0.29) is 5.69 Å². The van der Waals surface area contributed by atoms with Crippen molar-refractivity contribution in [3.05, 3.63) is 39.3 Å². The van der Waals surface area contributed by atoms with E-state index in [1.54, 1.807) is 4.57 Å². The lowest BCUT2D eigenvalue weighted by Crippen LogP contribution is -2.17. The number of aromatic amines is 1. The minimum Gasteiger partial charge on any atom is -0.313 e. The number of benzene rings is 1. The molecule has 1 aromatic carbocycles. The molecule has 0 aliphatic heterocycles. The van der Waals surface area contributed by atoms with Crippen molar-refractivity contribution in [2.75, 3.05) is 6.54 Å². The van der Waals surface area contributed by atoms with Crippen molar-refractivity contribution < 1.29 is 0 Å². The van der Waals surface area contributed by atoms with E-state index >= 15 is 0 Å². The van der Waals surface area contributed by atoms with Gasteiger partial charge in [0.25, 0.3) is 0 Å². The van der Waals surface area contributed by atoms with Crippen LogP contribution in [-0.4, -0.2) is 21.3 Å². The van der Waals surface area contributed by atoms with Crippen LogP contribution in [0.3, 0.4) is 0 Å². The highest BCUT2D eigenvalue weighted by Crippen LogP contribution is 2.30. The normalized spacial score (nSPS) is 11.0. The quantitative estimate of drug-likeness (QED) is 0.821. The summed E-state index contributed by atoms with van der Waals surface area (Å²) in [5.74, 6) is 0. The third-order valence-corrected chi connectivity index (χ3v) is 4.31. The molecule has 114 valence electrons. The summed E-state index contributed by atoms with van der Waals surface area (Å²) >= 11 is 7.55. The van der Waals surface area contributed by atoms with Gasteiger partial charge in [0.05, 0.1) is 0 Å². The molecule has 2 aromatic rings. The van der Waals surface area contributed by atoms with Crippen LogP contribution in [0.15, 0.2) is 33.0 Å². The van der Waals surface area contributed by atoms with Crippen molar-refractivity contribution in [2.24, 2.45) is 0 Å². The van der Waals surface area contributed by atoms with Crippen LogP contribution in [0.1, 0.15) is 25.8 Å². The highest BCUT2D eigenvalue weighted by atomic mass is 35.5. The van der Waals surface area contributed by atoms with Gasteiger partial charge in [0.1, 0.15) is 0 Å². The van der Waals surface area contributed by atoms with E-state index in [4.69, 9.17) is 11.6 Å². The molecule has 21 heavy (non-hydrogen) atoms. The Morgan fingerprint density at radius 1 is 1.43 bits per heavy atom. The average molecular weight is 327 g/mol. The molecule has 2 N–H and O–H groups in total. The van der Waals surface area contributed by atoms with E-state index < -0.39 is 0 Å². The fourth-order valence-corrected chi connectivity index (χ4v) is 3.11. The summed E-state index contributed by atoms with van der Waals surface area (Å²) in [5.41, 5.74) is 0.939. The third kappa shape index (κ3) is 4.12. The van der Waals surface area contributed by atoms with Gasteiger partial charge in [0, 0.05) is 23.0 Å². The van der Waals surface area contributed by atoms with Crippen molar-refractivity contribution in [3.8, 4) is 0 Å². The monoisotopic (exact) mass is 326 g/mol. The molecule has 1 heterocycles. The van der Waals surface area contributed by atoms with Crippen molar-refractivity contribution in [2.45, 2.75) is 43.4 Å². The van der Waals surface area contributed by atoms with Gasteiger partial charge in [-0.25, -0.2) is 9.89 Å². The molecule has 0 saturated carbocycles. The van der Waals surface area contributed by atoms with Gasteiger partial charge < -0.3 is 5.32 Å². The highest BCUT2D eigenvalue weighted by molar-refractivity contribution is 7.99. The van der Waals surface area contributed by atoms with E-state index in [1.165, 1.54) is 11.8 Å². The summed E-state index contributed by atoms with van der Waals surface area (Å²) in [4.78, 5) is 12.8. The van der Waals surface area contributed by atoms with Crippen LogP contribution in [0, 0.1) is 0 Å². The van der Waals surface area contributed by atoms with Crippen LogP contribution < -0.4 is 11.0 Å². The zero-order valence-electron chi connectivity index (χ0n) is 12.1. The molecule has 0 atom stereocenters. The molecule has 7 heteroatoms. The summed E-state index contributed by atoms with van der Waals surface area (Å²) < 4.78 is 1.66. The lowest BCUT2D eigenvalue weighted by Gasteiger charge is -2.10. The number of rotatable bonds is 7. The number of hydrogen-bond acceptors (Lipinski definition) is 4. The minimum atomic E-state index is -0.165. The van der Waals surface area contributed by atoms with E-state index in [0.717, 1.165) is 30.0 Å². The maximum Gasteiger partial charge on any atom is 0.343 e. The van der Waals surface area contributed by atoms with Crippen molar-refractivity contribution >= 4 is 23.4 Å². The second-order valence-corrected chi connectivity index (χ2v) is 6.04. The molecule has 0 radical (unpaired) electrons. The summed E-state index contributed by atoms with van der Waals surface area (Å²) in [5, 5.41) is 11.3. The Balaban J connectivity index is 2.28. The number of hydrogen-bond donors (Lipinski definition) is 2. The predicted octanol–water partition coefficient (Wildman–Crippen LogP) is 2.90. The molecule has 0 aliphatic carbocycles. The molecule has 2 rings (SSSR count). The second kappa shape index (κ2) is 7.68. The summed E-state index contributed by atoms with van der Waals surface area (Å²) in [6, 6.07) is 5.77. The number of nitrogens with zero attached hydrogens (tertiary/aromatic N) is 2. The molecule has 0 bridgehead atoms. The van der Waals surface area contributed by atoms with Crippen LogP contribution in [0.2, 0.25) is 5.02 Å². The molecule has 0 unspecified atom stereocenters. The smallest absolute Gasteiger partial charge is 0.313 e. The number of H-pyrrole nitrogens is 1. The molecule has 0 amide bonds. The van der Waals surface area contributed by atoms with Gasteiger partial charge in [-0.1, -0.05) is 25.4 Å². The van der Waals surface area contributed by atoms with Crippen molar-refractivity contribution in [1.29, 1.82) is 0 Å². The van der Waals surface area contributed by atoms with E-state index in [9.17, 15) is 4.79 Å². The zero-order chi connectivity index (χ0) is 15.2. The number of halogens is 1. The first-order chi connectivity index (χ1) is 10.2. The second-order valence-electron chi connectivity index (χ2n) is 4.60.